The van der Waals surface area contributed by atoms with Crippen LogP contribution in [0.15, 0.2) is 78.9 Å². The van der Waals surface area contributed by atoms with Crippen LogP contribution >= 0.6 is 0 Å². The summed E-state index contributed by atoms with van der Waals surface area (Å²) in [6.07, 6.45) is 0.726. The Kier molecular flexibility index (Phi) is 7.22. The summed E-state index contributed by atoms with van der Waals surface area (Å²) in [5, 5.41) is 9.36. The number of hydrogen-bond acceptors (Lipinski definition) is 3. The van der Waals surface area contributed by atoms with Gasteiger partial charge in [0.05, 0.1) is 0 Å². The Hall–Kier alpha value is -3.60. The predicted molar refractivity (Wildman–Crippen MR) is 116 cm³/mol. The number of ether oxygens (including phenoxy) is 1. The topological polar surface area (TPSA) is 66.8 Å². The summed E-state index contributed by atoms with van der Waals surface area (Å²) in [7, 11) is 0. The second kappa shape index (κ2) is 10.3. The highest BCUT2D eigenvalue weighted by Crippen LogP contribution is 2.20. The quantitative estimate of drug-likeness (QED) is 0.577. The van der Waals surface area contributed by atoms with Crippen molar-refractivity contribution in [2.45, 2.75) is 19.9 Å². The van der Waals surface area contributed by atoms with Crippen molar-refractivity contribution in [1.29, 1.82) is 0 Å². The predicted octanol–water partition coefficient (Wildman–Crippen LogP) is 4.34. The zero-order valence-electron chi connectivity index (χ0n) is 17.0. The highest BCUT2D eigenvalue weighted by Gasteiger charge is 2.17. The van der Waals surface area contributed by atoms with Crippen LogP contribution in [0.3, 0.4) is 0 Å². The lowest BCUT2D eigenvalue weighted by atomic mass is 10.1. The van der Waals surface area contributed by atoms with Crippen LogP contribution in [-0.4, -0.2) is 35.0 Å². The summed E-state index contributed by atoms with van der Waals surface area (Å²) in [5.41, 5.74) is 3.09. The van der Waals surface area contributed by atoms with Crippen molar-refractivity contribution in [2.75, 3.05) is 13.2 Å². The maximum atomic E-state index is 13.0. The molecule has 0 heterocycles. The number of aromatic carboxylic acids is 1. The van der Waals surface area contributed by atoms with Crippen LogP contribution in [0.4, 0.5) is 0 Å². The van der Waals surface area contributed by atoms with Gasteiger partial charge in [0, 0.05) is 13.1 Å². The van der Waals surface area contributed by atoms with E-state index in [0.717, 1.165) is 23.1 Å². The highest BCUT2D eigenvalue weighted by molar-refractivity contribution is 5.91. The van der Waals surface area contributed by atoms with Gasteiger partial charge in [0.25, 0.3) is 5.91 Å². The number of carboxylic acids is 1. The molecule has 0 aromatic heterocycles. The number of carbonyl (C=O) groups is 2. The van der Waals surface area contributed by atoms with Crippen LogP contribution in [0, 0.1) is 6.92 Å². The molecule has 1 N–H and O–H groups in total. The largest absolute Gasteiger partial charge is 0.483 e. The van der Waals surface area contributed by atoms with Gasteiger partial charge in [-0.15, -0.1) is 0 Å². The van der Waals surface area contributed by atoms with E-state index >= 15 is 0 Å². The average Bonchev–Trinajstić information content (AvgIpc) is 2.76. The number of aryl methyl sites for hydroxylation is 1. The minimum absolute atomic E-state index is 0.0484. The standard InChI is InChI=1S/C25H25NO4/c1-19-12-13-22(25(28)29)23(16-19)30-18-24(27)26(17-21-10-6-3-7-11-21)15-14-20-8-4-2-5-9-20/h2-13,16H,14-15,17-18H2,1H3,(H,28,29). The molecule has 0 aliphatic heterocycles. The third-order valence-corrected chi connectivity index (χ3v) is 4.80. The highest BCUT2D eigenvalue weighted by atomic mass is 16.5. The van der Waals surface area contributed by atoms with Crippen LogP contribution in [0.5, 0.6) is 5.75 Å². The lowest BCUT2D eigenvalue weighted by molar-refractivity contribution is -0.134. The van der Waals surface area contributed by atoms with Crippen molar-refractivity contribution in [2.24, 2.45) is 0 Å². The number of hydrogen-bond donors (Lipinski definition) is 1. The van der Waals surface area contributed by atoms with Crippen LogP contribution < -0.4 is 4.74 Å². The molecule has 30 heavy (non-hydrogen) atoms. The van der Waals surface area contributed by atoms with E-state index in [9.17, 15) is 14.7 Å². The van der Waals surface area contributed by atoms with Gasteiger partial charge in [-0.1, -0.05) is 66.7 Å². The zero-order chi connectivity index (χ0) is 21.3. The van der Waals surface area contributed by atoms with E-state index in [1.54, 1.807) is 17.0 Å². The fourth-order valence-electron chi connectivity index (χ4n) is 3.16. The monoisotopic (exact) mass is 403 g/mol. The van der Waals surface area contributed by atoms with Gasteiger partial charge in [-0.05, 0) is 42.2 Å². The molecule has 5 nitrogen and oxygen atoms in total. The van der Waals surface area contributed by atoms with Crippen molar-refractivity contribution in [1.82, 2.24) is 4.90 Å². The van der Waals surface area contributed by atoms with Crippen LogP contribution in [-0.2, 0) is 17.8 Å². The lowest BCUT2D eigenvalue weighted by Gasteiger charge is -2.23. The maximum absolute atomic E-state index is 13.0. The first-order chi connectivity index (χ1) is 14.5. The molecule has 0 spiro atoms. The van der Waals surface area contributed by atoms with E-state index in [1.165, 1.54) is 6.07 Å². The molecule has 0 bridgehead atoms. The van der Waals surface area contributed by atoms with E-state index in [2.05, 4.69) is 0 Å². The van der Waals surface area contributed by atoms with Gasteiger partial charge in [-0.3, -0.25) is 4.79 Å². The van der Waals surface area contributed by atoms with E-state index < -0.39 is 5.97 Å². The molecule has 3 aromatic carbocycles. The molecule has 0 radical (unpaired) electrons. The van der Waals surface area contributed by atoms with Gasteiger partial charge in [-0.25, -0.2) is 4.79 Å². The molecule has 3 rings (SSSR count). The third-order valence-electron chi connectivity index (χ3n) is 4.80. The molecule has 0 unspecified atom stereocenters. The van der Waals surface area contributed by atoms with Crippen LogP contribution in [0.25, 0.3) is 0 Å². The van der Waals surface area contributed by atoms with E-state index in [4.69, 9.17) is 4.74 Å². The molecule has 0 saturated carbocycles. The summed E-state index contributed by atoms with van der Waals surface area (Å²) in [5.74, 6) is -1.06. The Balaban J connectivity index is 1.71. The second-order valence-corrected chi connectivity index (χ2v) is 7.13. The van der Waals surface area contributed by atoms with E-state index in [1.807, 2.05) is 67.6 Å². The number of nitrogens with zero attached hydrogens (tertiary/aromatic N) is 1. The Labute approximate surface area is 176 Å². The van der Waals surface area contributed by atoms with Crippen LogP contribution in [0.1, 0.15) is 27.0 Å². The Morgan fingerprint density at radius 3 is 2.17 bits per heavy atom. The van der Waals surface area contributed by atoms with E-state index in [-0.39, 0.29) is 23.8 Å². The molecule has 1 amide bonds. The summed E-state index contributed by atoms with van der Waals surface area (Å²) < 4.78 is 5.64. The van der Waals surface area contributed by atoms with Crippen molar-refractivity contribution in [3.63, 3.8) is 0 Å². The maximum Gasteiger partial charge on any atom is 0.339 e. The zero-order valence-corrected chi connectivity index (χ0v) is 17.0. The van der Waals surface area contributed by atoms with Gasteiger partial charge in [0.2, 0.25) is 0 Å². The molecule has 154 valence electrons. The SMILES string of the molecule is Cc1ccc(C(=O)O)c(OCC(=O)N(CCc2ccccc2)Cc2ccccc2)c1. The summed E-state index contributed by atoms with van der Waals surface area (Å²) in [6.45, 7) is 2.64. The van der Waals surface area contributed by atoms with Crippen molar-refractivity contribution >= 4 is 11.9 Å². The first-order valence-corrected chi connectivity index (χ1v) is 9.85. The van der Waals surface area contributed by atoms with Crippen molar-refractivity contribution < 1.29 is 19.4 Å². The molecule has 0 saturated heterocycles. The normalized spacial score (nSPS) is 10.4. The van der Waals surface area contributed by atoms with Gasteiger partial charge in [0.1, 0.15) is 11.3 Å². The van der Waals surface area contributed by atoms with Gasteiger partial charge < -0.3 is 14.7 Å². The summed E-state index contributed by atoms with van der Waals surface area (Å²) in [6, 6.07) is 24.6. The Morgan fingerprint density at radius 1 is 0.900 bits per heavy atom. The molecule has 0 aliphatic carbocycles. The number of carbonyl (C=O) groups excluding carboxylic acids is 1. The number of benzene rings is 3. The lowest BCUT2D eigenvalue weighted by Crippen LogP contribution is -2.36. The van der Waals surface area contributed by atoms with E-state index in [0.29, 0.717) is 13.1 Å². The Bertz CT molecular complexity index is 987. The Morgan fingerprint density at radius 2 is 1.53 bits per heavy atom. The number of carboxylic acid groups (broad SMARTS) is 1. The first kappa shape index (κ1) is 21.1. The fourth-order valence-corrected chi connectivity index (χ4v) is 3.16. The first-order valence-electron chi connectivity index (χ1n) is 9.85. The third kappa shape index (κ3) is 5.95. The van der Waals surface area contributed by atoms with Crippen molar-refractivity contribution in [3.05, 3.63) is 101 Å². The van der Waals surface area contributed by atoms with Gasteiger partial charge in [-0.2, -0.15) is 0 Å². The number of amides is 1. The molecule has 0 fully saturated rings. The molecule has 0 aliphatic rings. The molecule has 0 atom stereocenters. The van der Waals surface area contributed by atoms with Gasteiger partial charge in [0.15, 0.2) is 6.61 Å². The fraction of sp³-hybridized carbons (Fsp3) is 0.200. The van der Waals surface area contributed by atoms with Gasteiger partial charge >= 0.3 is 5.97 Å². The smallest absolute Gasteiger partial charge is 0.339 e. The molecule has 3 aromatic rings. The molecular weight excluding hydrogens is 378 g/mol. The van der Waals surface area contributed by atoms with Crippen LogP contribution in [0.2, 0.25) is 0 Å². The second-order valence-electron chi connectivity index (χ2n) is 7.13. The summed E-state index contributed by atoms with van der Waals surface area (Å²) >= 11 is 0. The minimum Gasteiger partial charge on any atom is -0.483 e. The number of rotatable bonds is 9. The molecule has 5 heteroatoms. The average molecular weight is 403 g/mol. The summed E-state index contributed by atoms with van der Waals surface area (Å²) in [4.78, 5) is 26.1. The minimum atomic E-state index is -1.08. The molecular formula is C25H25NO4. The van der Waals surface area contributed by atoms with Crippen molar-refractivity contribution in [3.8, 4) is 5.75 Å².